The molecule has 0 radical (unpaired) electrons. The van der Waals surface area contributed by atoms with E-state index in [1.807, 2.05) is 29.1 Å². The van der Waals surface area contributed by atoms with E-state index in [1.165, 1.54) is 10.4 Å². The minimum absolute atomic E-state index is 0.0157. The number of hydrogen-bond donors (Lipinski definition) is 2. The monoisotopic (exact) mass is 484 g/mol. The molecule has 0 aromatic carbocycles. The van der Waals surface area contributed by atoms with E-state index in [2.05, 4.69) is 33.7 Å². The molecule has 1 aliphatic heterocycles. The number of hydrogen-bond acceptors (Lipinski definition) is 6. The molecule has 0 aliphatic carbocycles. The molecule has 0 saturated carbocycles. The van der Waals surface area contributed by atoms with Gasteiger partial charge in [-0.25, -0.2) is 4.79 Å². The third-order valence-corrected chi connectivity index (χ3v) is 6.00. The predicted molar refractivity (Wildman–Crippen MR) is 113 cm³/mol. The number of carbonyl (C=O) groups is 2. The number of fused-ring (bicyclic) bond motifs is 1. The number of carboxylic acids is 1. The lowest BCUT2D eigenvalue weighted by molar-refractivity contribution is -0.192. The fraction of sp³-hybridized carbons (Fsp3) is 0.381. The van der Waals surface area contributed by atoms with Crippen LogP contribution < -0.4 is 5.32 Å². The molecule has 3 aromatic heterocycles. The Morgan fingerprint density at radius 1 is 1.33 bits per heavy atom. The lowest BCUT2D eigenvalue weighted by Crippen LogP contribution is -2.39. The Balaban J connectivity index is 0.000000383. The summed E-state index contributed by atoms with van der Waals surface area (Å²) in [5.41, 5.74) is 2.50. The van der Waals surface area contributed by atoms with Gasteiger partial charge in [-0.1, -0.05) is 0 Å². The average Bonchev–Trinajstić information content (AvgIpc) is 3.49. The fourth-order valence-corrected chi connectivity index (χ4v) is 4.34. The van der Waals surface area contributed by atoms with Gasteiger partial charge in [-0.3, -0.25) is 14.4 Å². The summed E-state index contributed by atoms with van der Waals surface area (Å²) in [6, 6.07) is 7.93. The van der Waals surface area contributed by atoms with Crippen LogP contribution in [0.5, 0.6) is 0 Å². The van der Waals surface area contributed by atoms with Gasteiger partial charge in [0.05, 0.1) is 31.0 Å². The molecular formula is C21H23F3N4O4S. The van der Waals surface area contributed by atoms with Gasteiger partial charge in [0, 0.05) is 30.7 Å². The largest absolute Gasteiger partial charge is 0.490 e. The van der Waals surface area contributed by atoms with Crippen molar-refractivity contribution in [3.63, 3.8) is 0 Å². The Morgan fingerprint density at radius 2 is 2.09 bits per heavy atom. The lowest BCUT2D eigenvalue weighted by atomic mass is 10.1. The van der Waals surface area contributed by atoms with Crippen LogP contribution in [0.25, 0.3) is 0 Å². The van der Waals surface area contributed by atoms with Crippen molar-refractivity contribution in [3.05, 3.63) is 64.0 Å². The normalized spacial score (nSPS) is 15.9. The molecule has 1 unspecified atom stereocenters. The first-order valence-electron chi connectivity index (χ1n) is 10.0. The minimum Gasteiger partial charge on any atom is -0.475 e. The van der Waals surface area contributed by atoms with E-state index < -0.39 is 12.1 Å². The van der Waals surface area contributed by atoms with Crippen molar-refractivity contribution in [2.45, 2.75) is 45.2 Å². The smallest absolute Gasteiger partial charge is 0.475 e. The summed E-state index contributed by atoms with van der Waals surface area (Å²) < 4.78 is 39.0. The van der Waals surface area contributed by atoms with Crippen LogP contribution in [0.2, 0.25) is 0 Å². The highest BCUT2D eigenvalue weighted by atomic mass is 32.1. The number of amides is 1. The molecule has 2 N–H and O–H groups in total. The maximum absolute atomic E-state index is 12.4. The van der Waals surface area contributed by atoms with Crippen molar-refractivity contribution in [2.24, 2.45) is 0 Å². The molecule has 0 spiro atoms. The van der Waals surface area contributed by atoms with E-state index in [4.69, 9.17) is 14.3 Å². The topological polar surface area (TPSA) is 101 Å². The molecule has 0 saturated heterocycles. The van der Waals surface area contributed by atoms with Crippen LogP contribution in [0.4, 0.5) is 13.2 Å². The highest BCUT2D eigenvalue weighted by Crippen LogP contribution is 2.26. The highest BCUT2D eigenvalue weighted by Gasteiger charge is 2.38. The van der Waals surface area contributed by atoms with Gasteiger partial charge in [-0.2, -0.15) is 18.3 Å². The van der Waals surface area contributed by atoms with Gasteiger partial charge in [0.2, 0.25) is 5.91 Å². The van der Waals surface area contributed by atoms with E-state index in [0.29, 0.717) is 13.0 Å². The molecule has 0 bridgehead atoms. The number of aryl methyl sites for hydroxylation is 1. The number of nitrogens with zero attached hydrogens (tertiary/aromatic N) is 3. The van der Waals surface area contributed by atoms with Crippen LogP contribution in [-0.2, 0) is 29.2 Å². The van der Waals surface area contributed by atoms with Crippen molar-refractivity contribution in [1.82, 2.24) is 20.0 Å². The maximum atomic E-state index is 12.4. The number of halogens is 3. The number of rotatable bonds is 6. The molecule has 3 aromatic rings. The number of furan rings is 1. The quantitative estimate of drug-likeness (QED) is 0.553. The summed E-state index contributed by atoms with van der Waals surface area (Å²) in [5.74, 6) is -1.98. The Morgan fingerprint density at radius 3 is 2.70 bits per heavy atom. The van der Waals surface area contributed by atoms with Gasteiger partial charge >= 0.3 is 12.1 Å². The molecule has 4 rings (SSSR count). The van der Waals surface area contributed by atoms with E-state index in [0.717, 1.165) is 31.1 Å². The van der Waals surface area contributed by atoms with Gasteiger partial charge in [0.15, 0.2) is 0 Å². The molecule has 178 valence electrons. The van der Waals surface area contributed by atoms with Crippen LogP contribution in [0.3, 0.4) is 0 Å². The Kier molecular flexibility index (Phi) is 7.92. The minimum atomic E-state index is -5.08. The van der Waals surface area contributed by atoms with E-state index in [9.17, 15) is 18.0 Å². The van der Waals surface area contributed by atoms with Crippen molar-refractivity contribution < 1.29 is 32.3 Å². The number of thiophene rings is 1. The van der Waals surface area contributed by atoms with E-state index in [1.54, 1.807) is 17.6 Å². The number of aromatic nitrogens is 2. The third kappa shape index (κ3) is 6.93. The Bertz CT molecular complexity index is 1060. The second-order valence-corrected chi connectivity index (χ2v) is 8.48. The number of aliphatic carboxylic acids is 1. The molecule has 8 nitrogen and oxygen atoms in total. The van der Waals surface area contributed by atoms with E-state index in [-0.39, 0.29) is 11.9 Å². The second kappa shape index (κ2) is 10.7. The first-order chi connectivity index (χ1) is 15.6. The molecule has 12 heteroatoms. The van der Waals surface area contributed by atoms with Crippen LogP contribution >= 0.6 is 11.3 Å². The van der Waals surface area contributed by atoms with Crippen LogP contribution in [0.15, 0.2) is 46.5 Å². The molecule has 33 heavy (non-hydrogen) atoms. The summed E-state index contributed by atoms with van der Waals surface area (Å²) >= 11 is 1.79. The molecule has 0 fully saturated rings. The molecule has 1 atom stereocenters. The zero-order valence-electron chi connectivity index (χ0n) is 17.7. The van der Waals surface area contributed by atoms with Gasteiger partial charge in [-0.05, 0) is 42.1 Å². The predicted octanol–water partition coefficient (Wildman–Crippen LogP) is 3.74. The summed E-state index contributed by atoms with van der Waals surface area (Å²) in [4.78, 5) is 25.1. The van der Waals surface area contributed by atoms with Crippen LogP contribution in [0, 0.1) is 6.92 Å². The fourth-order valence-electron chi connectivity index (χ4n) is 3.39. The lowest BCUT2D eigenvalue weighted by Gasteiger charge is -2.33. The van der Waals surface area contributed by atoms with Gasteiger partial charge < -0.3 is 14.8 Å². The number of alkyl halides is 3. The number of carboxylic acid groups (broad SMARTS) is 1. The zero-order valence-corrected chi connectivity index (χ0v) is 18.5. The van der Waals surface area contributed by atoms with Crippen molar-refractivity contribution >= 4 is 23.2 Å². The third-order valence-electron chi connectivity index (χ3n) is 4.99. The van der Waals surface area contributed by atoms with Crippen LogP contribution in [0.1, 0.15) is 34.4 Å². The van der Waals surface area contributed by atoms with Gasteiger partial charge in [-0.15, -0.1) is 11.3 Å². The molecule has 1 aliphatic rings. The van der Waals surface area contributed by atoms with Crippen molar-refractivity contribution in [1.29, 1.82) is 0 Å². The molecule has 1 amide bonds. The summed E-state index contributed by atoms with van der Waals surface area (Å²) in [6.45, 7) is 5.17. The highest BCUT2D eigenvalue weighted by molar-refractivity contribution is 7.10. The summed E-state index contributed by atoms with van der Waals surface area (Å²) in [5, 5.41) is 16.6. The SMILES string of the molecule is Cc1ccsc1CN1Cc2ccnn2C(CC(=O)NCc2ccco2)C1.O=C(O)C(F)(F)F. The van der Waals surface area contributed by atoms with E-state index >= 15 is 0 Å². The zero-order chi connectivity index (χ0) is 24.0. The Hall–Kier alpha value is -3.12. The summed E-state index contributed by atoms with van der Waals surface area (Å²) in [6.07, 6.45) is -1.23. The molecule has 4 heterocycles. The number of nitrogens with one attached hydrogen (secondary N) is 1. The maximum Gasteiger partial charge on any atom is 0.490 e. The summed E-state index contributed by atoms with van der Waals surface area (Å²) in [7, 11) is 0. The molecular weight excluding hydrogens is 461 g/mol. The average molecular weight is 485 g/mol. The van der Waals surface area contributed by atoms with Crippen LogP contribution in [-0.4, -0.2) is 44.4 Å². The van der Waals surface area contributed by atoms with Gasteiger partial charge in [0.25, 0.3) is 0 Å². The second-order valence-electron chi connectivity index (χ2n) is 7.48. The number of carbonyl (C=O) groups excluding carboxylic acids is 1. The Labute approximate surface area is 191 Å². The van der Waals surface area contributed by atoms with Crippen molar-refractivity contribution in [2.75, 3.05) is 6.54 Å². The van der Waals surface area contributed by atoms with Crippen molar-refractivity contribution in [3.8, 4) is 0 Å². The first kappa shape index (κ1) is 24.5. The van der Waals surface area contributed by atoms with Gasteiger partial charge in [0.1, 0.15) is 5.76 Å². The standard InChI is InChI=1S/C19H22N4O2S.C2HF3O2/c1-14-5-8-26-18(14)13-22-11-15-4-6-21-23(15)16(12-22)9-19(24)20-10-17-3-2-7-25-17;3-2(4,5)1(6)7/h2-8,16H,9-13H2,1H3,(H,20,24);(H,6,7). The first-order valence-corrected chi connectivity index (χ1v) is 10.9.